The van der Waals surface area contributed by atoms with Gasteiger partial charge in [-0.2, -0.15) is 0 Å². The van der Waals surface area contributed by atoms with Crippen molar-refractivity contribution in [2.45, 2.75) is 5.75 Å². The largest absolute Gasteiger partial charge is 0.412 e. The summed E-state index contributed by atoms with van der Waals surface area (Å²) >= 11 is 4.05. The summed E-state index contributed by atoms with van der Waals surface area (Å²) in [5.74, 6) is 0.990. The smallest absolute Gasteiger partial charge is 0.0286 e. The Hall–Kier alpha value is -0.120. The zero-order valence-corrected chi connectivity index (χ0v) is 7.16. The second-order valence-electron chi connectivity index (χ2n) is 1.76. The zero-order chi connectivity index (χ0) is 6.53. The van der Waals surface area contributed by atoms with E-state index < -0.39 is 0 Å². The normalized spacial score (nSPS) is 8.50. The molecule has 56 valence electrons. The van der Waals surface area contributed by atoms with E-state index in [1.54, 1.807) is 10.8 Å². The van der Waals surface area contributed by atoms with E-state index in [1.165, 1.54) is 5.56 Å². The van der Waals surface area contributed by atoms with Crippen molar-refractivity contribution in [2.75, 3.05) is 0 Å². The maximum Gasteiger partial charge on any atom is 0.0286 e. The van der Waals surface area contributed by atoms with Crippen molar-refractivity contribution in [3.05, 3.63) is 35.9 Å². The van der Waals surface area contributed by atoms with E-state index in [-0.39, 0.29) is 5.48 Å². The van der Waals surface area contributed by atoms with Crippen molar-refractivity contribution >= 4 is 22.5 Å². The van der Waals surface area contributed by atoms with Crippen LogP contribution >= 0.6 is 22.5 Å². The fourth-order valence-electron chi connectivity index (χ4n) is 0.649. The third-order valence-electron chi connectivity index (χ3n) is 1.07. The van der Waals surface area contributed by atoms with Crippen LogP contribution in [0, 0.1) is 0 Å². The van der Waals surface area contributed by atoms with Crippen LogP contribution in [0.15, 0.2) is 30.3 Å². The van der Waals surface area contributed by atoms with Gasteiger partial charge in [0.25, 0.3) is 0 Å². The maximum absolute atomic E-state index is 4.05. The lowest BCUT2D eigenvalue weighted by molar-refractivity contribution is 0.824. The van der Waals surface area contributed by atoms with Crippen molar-refractivity contribution in [3.63, 3.8) is 0 Å². The van der Waals surface area contributed by atoms with Crippen LogP contribution in [0.4, 0.5) is 0 Å². The molecule has 0 amide bonds. The number of benzene rings is 1. The molecule has 1 rings (SSSR count). The van der Waals surface area contributed by atoms with E-state index in [2.05, 4.69) is 23.8 Å². The predicted octanol–water partition coefficient (Wildman–Crippen LogP) is 1.94. The molecule has 0 aliphatic rings. The first-order valence-electron chi connectivity index (χ1n) is 2.74. The highest BCUT2D eigenvalue weighted by Gasteiger charge is 1.85. The number of rotatable bonds is 2. The van der Waals surface area contributed by atoms with E-state index in [4.69, 9.17) is 0 Å². The molecule has 0 aliphatic heterocycles. The Kier molecular flexibility index (Phi) is 5.58. The summed E-state index contributed by atoms with van der Waals surface area (Å²) in [6, 6.07) is 10.3. The standard InChI is InChI=1S/C7H8S2.H2O/c8-9-6-7-4-2-1-3-5-7;/h1-5,8H,6H2;1H2. The van der Waals surface area contributed by atoms with Crippen molar-refractivity contribution in [1.29, 1.82) is 0 Å². The van der Waals surface area contributed by atoms with Gasteiger partial charge >= 0.3 is 0 Å². The third kappa shape index (κ3) is 3.15. The monoisotopic (exact) mass is 174 g/mol. The van der Waals surface area contributed by atoms with E-state index in [9.17, 15) is 0 Å². The van der Waals surface area contributed by atoms with Gasteiger partial charge in [-0.05, 0) is 5.56 Å². The SMILES string of the molecule is O.SSCc1ccccc1. The van der Waals surface area contributed by atoms with E-state index in [0.29, 0.717) is 0 Å². The summed E-state index contributed by atoms with van der Waals surface area (Å²) < 4.78 is 0. The molecule has 0 fully saturated rings. The highest BCUT2D eigenvalue weighted by atomic mass is 33.1. The summed E-state index contributed by atoms with van der Waals surface area (Å²) in [5.41, 5.74) is 1.33. The first-order chi connectivity index (χ1) is 4.43. The Bertz CT molecular complexity index is 165. The molecule has 1 aromatic rings. The summed E-state index contributed by atoms with van der Waals surface area (Å²) in [6.07, 6.45) is 0. The van der Waals surface area contributed by atoms with Gasteiger partial charge in [-0.25, -0.2) is 0 Å². The van der Waals surface area contributed by atoms with Crippen molar-refractivity contribution in [2.24, 2.45) is 0 Å². The van der Waals surface area contributed by atoms with Crippen LogP contribution < -0.4 is 0 Å². The molecular weight excluding hydrogens is 164 g/mol. The predicted molar refractivity (Wildman–Crippen MR) is 50.3 cm³/mol. The Morgan fingerprint density at radius 2 is 1.80 bits per heavy atom. The molecular formula is C7H10OS2. The highest BCUT2D eigenvalue weighted by Crippen LogP contribution is 2.13. The lowest BCUT2D eigenvalue weighted by Gasteiger charge is -1.92. The van der Waals surface area contributed by atoms with Gasteiger partial charge in [-0.1, -0.05) is 41.1 Å². The van der Waals surface area contributed by atoms with Gasteiger partial charge in [0, 0.05) is 5.75 Å². The van der Waals surface area contributed by atoms with E-state index in [0.717, 1.165) is 5.75 Å². The van der Waals surface area contributed by atoms with Crippen LogP contribution in [-0.4, -0.2) is 5.48 Å². The number of thiol groups is 1. The molecule has 1 aromatic carbocycles. The molecule has 0 saturated carbocycles. The van der Waals surface area contributed by atoms with Gasteiger partial charge in [0.1, 0.15) is 0 Å². The topological polar surface area (TPSA) is 31.5 Å². The van der Waals surface area contributed by atoms with Gasteiger partial charge in [-0.15, -0.1) is 11.7 Å². The minimum Gasteiger partial charge on any atom is -0.412 e. The number of hydrogen-bond acceptors (Lipinski definition) is 2. The second kappa shape index (κ2) is 5.65. The summed E-state index contributed by atoms with van der Waals surface area (Å²) in [4.78, 5) is 0. The van der Waals surface area contributed by atoms with Crippen LogP contribution in [0.2, 0.25) is 0 Å². The number of hydrogen-bond donors (Lipinski definition) is 1. The van der Waals surface area contributed by atoms with Gasteiger partial charge in [-0.3, -0.25) is 0 Å². The molecule has 1 nitrogen and oxygen atoms in total. The average molecular weight is 174 g/mol. The fourth-order valence-corrected chi connectivity index (χ4v) is 1.44. The highest BCUT2D eigenvalue weighted by molar-refractivity contribution is 8.68. The van der Waals surface area contributed by atoms with Crippen molar-refractivity contribution in [1.82, 2.24) is 0 Å². The van der Waals surface area contributed by atoms with Crippen LogP contribution in [0.3, 0.4) is 0 Å². The summed E-state index contributed by atoms with van der Waals surface area (Å²) in [7, 11) is 1.55. The Morgan fingerprint density at radius 3 is 2.30 bits per heavy atom. The molecule has 0 bridgehead atoms. The molecule has 0 radical (unpaired) electrons. The quantitative estimate of drug-likeness (QED) is 0.539. The van der Waals surface area contributed by atoms with Crippen LogP contribution in [0.25, 0.3) is 0 Å². The minimum absolute atomic E-state index is 0. The van der Waals surface area contributed by atoms with Gasteiger partial charge < -0.3 is 5.48 Å². The molecule has 0 heterocycles. The third-order valence-corrected chi connectivity index (χ3v) is 1.92. The van der Waals surface area contributed by atoms with Crippen molar-refractivity contribution in [3.8, 4) is 0 Å². The Balaban J connectivity index is 0.000000810. The Morgan fingerprint density at radius 1 is 1.20 bits per heavy atom. The summed E-state index contributed by atoms with van der Waals surface area (Å²) in [5, 5.41) is 0. The molecule has 0 unspecified atom stereocenters. The second-order valence-corrected chi connectivity index (χ2v) is 3.08. The molecule has 0 aromatic heterocycles. The Labute approximate surface area is 70.0 Å². The van der Waals surface area contributed by atoms with Gasteiger partial charge in [0.05, 0.1) is 0 Å². The molecule has 0 spiro atoms. The average Bonchev–Trinajstić information content (AvgIpc) is 1.91. The molecule has 0 saturated heterocycles. The molecule has 2 N–H and O–H groups in total. The van der Waals surface area contributed by atoms with E-state index in [1.807, 2.05) is 18.2 Å². The van der Waals surface area contributed by atoms with E-state index >= 15 is 0 Å². The maximum atomic E-state index is 4.05. The van der Waals surface area contributed by atoms with Crippen molar-refractivity contribution < 1.29 is 5.48 Å². The first-order valence-corrected chi connectivity index (χ1v) is 4.77. The lowest BCUT2D eigenvalue weighted by Crippen LogP contribution is -1.73. The molecule has 10 heavy (non-hydrogen) atoms. The summed E-state index contributed by atoms with van der Waals surface area (Å²) in [6.45, 7) is 0. The molecule has 0 aliphatic carbocycles. The molecule has 0 atom stereocenters. The minimum atomic E-state index is 0. The van der Waals surface area contributed by atoms with Crippen LogP contribution in [-0.2, 0) is 5.75 Å². The zero-order valence-electron chi connectivity index (χ0n) is 5.45. The fraction of sp³-hybridized carbons (Fsp3) is 0.143. The lowest BCUT2D eigenvalue weighted by atomic mass is 10.2. The molecule has 3 heteroatoms. The van der Waals surface area contributed by atoms with Gasteiger partial charge in [0.2, 0.25) is 0 Å². The van der Waals surface area contributed by atoms with Crippen LogP contribution in [0.1, 0.15) is 5.56 Å². The van der Waals surface area contributed by atoms with Crippen LogP contribution in [0.5, 0.6) is 0 Å². The van der Waals surface area contributed by atoms with Gasteiger partial charge in [0.15, 0.2) is 0 Å². The first kappa shape index (κ1) is 9.88.